The summed E-state index contributed by atoms with van der Waals surface area (Å²) in [5, 5.41) is 8.03. The summed E-state index contributed by atoms with van der Waals surface area (Å²) in [6, 6.07) is 12.5. The predicted octanol–water partition coefficient (Wildman–Crippen LogP) is 3.21. The zero-order valence-electron chi connectivity index (χ0n) is 15.5. The molecule has 2 aromatic heterocycles. The van der Waals surface area contributed by atoms with Crippen molar-refractivity contribution in [1.29, 1.82) is 0 Å². The quantitative estimate of drug-likeness (QED) is 0.453. The summed E-state index contributed by atoms with van der Waals surface area (Å²) < 4.78 is 0. The van der Waals surface area contributed by atoms with Crippen LogP contribution >= 0.6 is 0 Å². The predicted molar refractivity (Wildman–Crippen MR) is 109 cm³/mol. The Labute approximate surface area is 155 Å². The van der Waals surface area contributed by atoms with Gasteiger partial charge in [-0.2, -0.15) is 0 Å². The molecule has 136 valence electrons. The SMILES string of the molecule is CCNC(=NCCc1ccccn1)NCCc1c[nH]c2cc(C)ccc12. The maximum absolute atomic E-state index is 4.65. The first-order valence-electron chi connectivity index (χ1n) is 9.25. The zero-order valence-corrected chi connectivity index (χ0v) is 15.5. The van der Waals surface area contributed by atoms with Gasteiger partial charge in [0.2, 0.25) is 0 Å². The number of fused-ring (bicyclic) bond motifs is 1. The first kappa shape index (κ1) is 18.0. The summed E-state index contributed by atoms with van der Waals surface area (Å²) in [4.78, 5) is 12.4. The molecule has 0 saturated carbocycles. The highest BCUT2D eigenvalue weighted by Gasteiger charge is 2.04. The number of aliphatic imine (C=N–C) groups is 1. The lowest BCUT2D eigenvalue weighted by Gasteiger charge is -2.11. The van der Waals surface area contributed by atoms with Crippen LogP contribution in [-0.4, -0.2) is 35.6 Å². The van der Waals surface area contributed by atoms with E-state index >= 15 is 0 Å². The average molecular weight is 349 g/mol. The van der Waals surface area contributed by atoms with Gasteiger partial charge in [0.25, 0.3) is 0 Å². The molecular formula is C21H27N5. The summed E-state index contributed by atoms with van der Waals surface area (Å²) in [6.07, 6.45) is 5.73. The van der Waals surface area contributed by atoms with Crippen LogP contribution in [-0.2, 0) is 12.8 Å². The van der Waals surface area contributed by atoms with Crippen LogP contribution in [0.25, 0.3) is 10.9 Å². The third-order valence-electron chi connectivity index (χ3n) is 4.32. The van der Waals surface area contributed by atoms with Crippen LogP contribution in [0.1, 0.15) is 23.7 Å². The number of pyridine rings is 1. The third kappa shape index (κ3) is 4.85. The lowest BCUT2D eigenvalue weighted by Crippen LogP contribution is -2.38. The van der Waals surface area contributed by atoms with Gasteiger partial charge in [0.15, 0.2) is 5.96 Å². The molecular weight excluding hydrogens is 322 g/mol. The number of aromatic amines is 1. The molecule has 0 fully saturated rings. The molecule has 1 aromatic carbocycles. The van der Waals surface area contributed by atoms with Crippen molar-refractivity contribution in [2.45, 2.75) is 26.7 Å². The van der Waals surface area contributed by atoms with E-state index in [-0.39, 0.29) is 0 Å². The number of guanidine groups is 1. The van der Waals surface area contributed by atoms with Crippen LogP contribution in [0.4, 0.5) is 0 Å². The van der Waals surface area contributed by atoms with Gasteiger partial charge in [0.1, 0.15) is 0 Å². The molecule has 0 unspecified atom stereocenters. The average Bonchev–Trinajstić information content (AvgIpc) is 3.04. The van der Waals surface area contributed by atoms with Gasteiger partial charge in [-0.05, 0) is 49.6 Å². The highest BCUT2D eigenvalue weighted by molar-refractivity contribution is 5.84. The molecule has 5 nitrogen and oxygen atoms in total. The van der Waals surface area contributed by atoms with E-state index in [9.17, 15) is 0 Å². The van der Waals surface area contributed by atoms with Crippen LogP contribution in [0.5, 0.6) is 0 Å². The summed E-state index contributed by atoms with van der Waals surface area (Å²) >= 11 is 0. The van der Waals surface area contributed by atoms with Crippen LogP contribution in [0.2, 0.25) is 0 Å². The van der Waals surface area contributed by atoms with E-state index in [2.05, 4.69) is 63.8 Å². The molecule has 3 N–H and O–H groups in total. The molecule has 0 radical (unpaired) electrons. The monoisotopic (exact) mass is 349 g/mol. The van der Waals surface area contributed by atoms with Gasteiger partial charge in [0.05, 0.1) is 0 Å². The molecule has 0 aliphatic rings. The molecule has 26 heavy (non-hydrogen) atoms. The number of aromatic nitrogens is 2. The van der Waals surface area contributed by atoms with Crippen molar-refractivity contribution in [3.63, 3.8) is 0 Å². The molecule has 0 amide bonds. The number of H-pyrrole nitrogens is 1. The van der Waals surface area contributed by atoms with Gasteiger partial charge in [-0.1, -0.05) is 18.2 Å². The van der Waals surface area contributed by atoms with E-state index in [4.69, 9.17) is 0 Å². The highest BCUT2D eigenvalue weighted by Crippen LogP contribution is 2.19. The number of benzene rings is 1. The van der Waals surface area contributed by atoms with E-state index in [1.54, 1.807) is 0 Å². The van der Waals surface area contributed by atoms with Gasteiger partial charge < -0.3 is 15.6 Å². The van der Waals surface area contributed by atoms with E-state index in [1.807, 2.05) is 24.4 Å². The minimum Gasteiger partial charge on any atom is -0.361 e. The molecule has 0 aliphatic carbocycles. The fourth-order valence-corrected chi connectivity index (χ4v) is 2.99. The molecule has 2 heterocycles. The van der Waals surface area contributed by atoms with Crippen LogP contribution < -0.4 is 10.6 Å². The maximum atomic E-state index is 4.65. The number of aryl methyl sites for hydroxylation is 1. The molecule has 3 aromatic rings. The minimum absolute atomic E-state index is 0.721. The zero-order chi connectivity index (χ0) is 18.2. The summed E-state index contributed by atoms with van der Waals surface area (Å²) in [5.74, 6) is 0.860. The van der Waals surface area contributed by atoms with Crippen molar-refractivity contribution >= 4 is 16.9 Å². The van der Waals surface area contributed by atoms with Gasteiger partial charge in [-0.3, -0.25) is 9.98 Å². The van der Waals surface area contributed by atoms with Gasteiger partial charge in [-0.25, -0.2) is 0 Å². The largest absolute Gasteiger partial charge is 0.361 e. The van der Waals surface area contributed by atoms with Crippen molar-refractivity contribution in [2.24, 2.45) is 4.99 Å². The topological polar surface area (TPSA) is 65.1 Å². The Morgan fingerprint density at radius 1 is 1.15 bits per heavy atom. The minimum atomic E-state index is 0.721. The van der Waals surface area contributed by atoms with Crippen molar-refractivity contribution in [3.05, 3.63) is 65.6 Å². The van der Waals surface area contributed by atoms with E-state index < -0.39 is 0 Å². The second kappa shape index (κ2) is 9.04. The number of nitrogens with one attached hydrogen (secondary N) is 3. The smallest absolute Gasteiger partial charge is 0.191 e. The summed E-state index contributed by atoms with van der Waals surface area (Å²) in [7, 11) is 0. The van der Waals surface area contributed by atoms with E-state index in [0.29, 0.717) is 0 Å². The molecule has 0 saturated heterocycles. The Hall–Kier alpha value is -2.82. The molecule has 5 heteroatoms. The maximum Gasteiger partial charge on any atom is 0.191 e. The number of hydrogen-bond acceptors (Lipinski definition) is 2. The number of rotatable bonds is 7. The molecule has 0 aliphatic heterocycles. The van der Waals surface area contributed by atoms with Gasteiger partial charge in [-0.15, -0.1) is 0 Å². The third-order valence-corrected chi connectivity index (χ3v) is 4.32. The fraction of sp³-hybridized carbons (Fsp3) is 0.333. The Morgan fingerprint density at radius 3 is 2.88 bits per heavy atom. The van der Waals surface area contributed by atoms with Crippen LogP contribution in [0.3, 0.4) is 0 Å². The fourth-order valence-electron chi connectivity index (χ4n) is 2.99. The van der Waals surface area contributed by atoms with Crippen LogP contribution in [0.15, 0.2) is 53.8 Å². The lowest BCUT2D eigenvalue weighted by molar-refractivity contribution is 0.796. The standard InChI is InChI=1S/C21H27N5/c1-3-22-21(25-13-10-18-6-4-5-11-23-18)24-12-9-17-15-26-20-14-16(2)7-8-19(17)20/h4-8,11,14-15,26H,3,9-10,12-13H2,1-2H3,(H2,22,24,25). The van der Waals surface area contributed by atoms with Crippen LogP contribution in [0, 0.1) is 6.92 Å². The second-order valence-corrected chi connectivity index (χ2v) is 6.37. The first-order valence-corrected chi connectivity index (χ1v) is 9.25. The Morgan fingerprint density at radius 2 is 2.08 bits per heavy atom. The second-order valence-electron chi connectivity index (χ2n) is 6.37. The van der Waals surface area contributed by atoms with Gasteiger partial charge >= 0.3 is 0 Å². The molecule has 3 rings (SSSR count). The Bertz CT molecular complexity index is 851. The number of hydrogen-bond donors (Lipinski definition) is 3. The van der Waals surface area contributed by atoms with Crippen molar-refractivity contribution in [2.75, 3.05) is 19.6 Å². The lowest BCUT2D eigenvalue weighted by atomic mass is 10.1. The molecule has 0 spiro atoms. The van der Waals surface area contributed by atoms with Crippen molar-refractivity contribution < 1.29 is 0 Å². The van der Waals surface area contributed by atoms with Gasteiger partial charge in [0, 0.05) is 55.0 Å². The summed E-state index contributed by atoms with van der Waals surface area (Å²) in [5.41, 5.74) is 4.88. The first-order chi connectivity index (χ1) is 12.8. The Balaban J connectivity index is 1.53. The van der Waals surface area contributed by atoms with Crippen molar-refractivity contribution in [1.82, 2.24) is 20.6 Å². The van der Waals surface area contributed by atoms with Crippen molar-refractivity contribution in [3.8, 4) is 0 Å². The normalized spacial score (nSPS) is 11.7. The highest BCUT2D eigenvalue weighted by atomic mass is 15.2. The number of nitrogens with zero attached hydrogens (tertiary/aromatic N) is 2. The Kier molecular flexibility index (Phi) is 6.25. The van der Waals surface area contributed by atoms with E-state index in [0.717, 1.165) is 44.1 Å². The molecule has 0 bridgehead atoms. The summed E-state index contributed by atoms with van der Waals surface area (Å²) in [6.45, 7) is 6.61. The van der Waals surface area contributed by atoms with E-state index in [1.165, 1.54) is 22.0 Å². The molecule has 0 atom stereocenters.